The van der Waals surface area contributed by atoms with E-state index in [1.807, 2.05) is 0 Å². The van der Waals surface area contributed by atoms with Crippen LogP contribution in [0.2, 0.25) is 0 Å². The highest BCUT2D eigenvalue weighted by Crippen LogP contribution is 2.21. The molecule has 1 aliphatic rings. The second-order valence-corrected chi connectivity index (χ2v) is 7.01. The lowest BCUT2D eigenvalue weighted by Gasteiger charge is -2.29. The number of ether oxygens (including phenoxy) is 2. The Labute approximate surface area is 144 Å². The van der Waals surface area contributed by atoms with Gasteiger partial charge in [-0.05, 0) is 65.1 Å². The zero-order valence-electron chi connectivity index (χ0n) is 15.8. The summed E-state index contributed by atoms with van der Waals surface area (Å²) < 4.78 is 11.2. The lowest BCUT2D eigenvalue weighted by Crippen LogP contribution is -2.35. The summed E-state index contributed by atoms with van der Waals surface area (Å²) in [5, 5.41) is 3.64. The zero-order chi connectivity index (χ0) is 16.8. The zero-order valence-corrected chi connectivity index (χ0v) is 15.8. The van der Waals surface area contributed by atoms with E-state index in [9.17, 15) is 0 Å². The largest absolute Gasteiger partial charge is 0.383 e. The Morgan fingerprint density at radius 1 is 0.957 bits per heavy atom. The van der Waals surface area contributed by atoms with Gasteiger partial charge < -0.3 is 19.7 Å². The van der Waals surface area contributed by atoms with Crippen LogP contribution in [0.25, 0.3) is 0 Å². The van der Waals surface area contributed by atoms with Crippen LogP contribution in [0, 0.1) is 0 Å². The second kappa shape index (κ2) is 14.2. The van der Waals surface area contributed by atoms with Crippen LogP contribution in [0.3, 0.4) is 0 Å². The molecule has 0 amide bonds. The Balaban J connectivity index is 1.86. The van der Waals surface area contributed by atoms with E-state index in [-0.39, 0.29) is 0 Å². The minimum Gasteiger partial charge on any atom is -0.383 e. The molecule has 4 nitrogen and oxygen atoms in total. The average Bonchev–Trinajstić information content (AvgIpc) is 2.58. The molecule has 0 bridgehead atoms. The van der Waals surface area contributed by atoms with E-state index in [4.69, 9.17) is 9.47 Å². The van der Waals surface area contributed by atoms with E-state index in [0.717, 1.165) is 32.3 Å². The van der Waals surface area contributed by atoms with Gasteiger partial charge in [-0.2, -0.15) is 0 Å². The molecule has 0 aliphatic heterocycles. The number of methoxy groups -OCH3 is 1. The van der Waals surface area contributed by atoms with Crippen molar-refractivity contribution < 1.29 is 9.47 Å². The summed E-state index contributed by atoms with van der Waals surface area (Å²) in [4.78, 5) is 2.35. The Morgan fingerprint density at radius 2 is 1.70 bits per heavy atom. The molecule has 1 saturated carbocycles. The molecule has 1 N–H and O–H groups in total. The maximum absolute atomic E-state index is 6.06. The van der Waals surface area contributed by atoms with E-state index < -0.39 is 0 Å². The Bertz CT molecular complexity index is 256. The van der Waals surface area contributed by atoms with Crippen molar-refractivity contribution in [3.63, 3.8) is 0 Å². The number of nitrogens with one attached hydrogen (secondary N) is 1. The average molecular weight is 329 g/mol. The van der Waals surface area contributed by atoms with Crippen molar-refractivity contribution in [1.82, 2.24) is 10.2 Å². The summed E-state index contributed by atoms with van der Waals surface area (Å²) in [6, 6.07) is 0.741. The number of nitrogens with zero attached hydrogens (tertiary/aromatic N) is 1. The Kier molecular flexibility index (Phi) is 12.9. The molecular formula is C19H40N2O2. The van der Waals surface area contributed by atoms with Crippen LogP contribution in [0.4, 0.5) is 0 Å². The molecule has 1 aliphatic carbocycles. The van der Waals surface area contributed by atoms with Crippen molar-refractivity contribution in [2.45, 2.75) is 76.9 Å². The lowest BCUT2D eigenvalue weighted by molar-refractivity contribution is 0.0204. The molecule has 0 heterocycles. The minimum atomic E-state index is 0.523. The summed E-state index contributed by atoms with van der Waals surface area (Å²) in [5.41, 5.74) is 0. The van der Waals surface area contributed by atoms with E-state index in [1.54, 1.807) is 7.11 Å². The SMILES string of the molecule is CCCNC1CCC(OCCCCCCN(C)CCOC)CC1. The molecule has 0 radical (unpaired) electrons. The number of unbranched alkanes of at least 4 members (excludes halogenated alkanes) is 3. The number of rotatable bonds is 14. The highest BCUT2D eigenvalue weighted by molar-refractivity contribution is 4.77. The van der Waals surface area contributed by atoms with Crippen LogP contribution < -0.4 is 5.32 Å². The van der Waals surface area contributed by atoms with Crippen LogP contribution >= 0.6 is 0 Å². The number of likely N-dealkylation sites (N-methyl/N-ethyl adjacent to an activating group) is 1. The van der Waals surface area contributed by atoms with Gasteiger partial charge in [-0.25, -0.2) is 0 Å². The third-order valence-electron chi connectivity index (χ3n) is 4.82. The highest BCUT2D eigenvalue weighted by Gasteiger charge is 2.20. The van der Waals surface area contributed by atoms with Gasteiger partial charge in [-0.15, -0.1) is 0 Å². The first-order valence-corrected chi connectivity index (χ1v) is 9.78. The van der Waals surface area contributed by atoms with Crippen LogP contribution in [0.5, 0.6) is 0 Å². The predicted octanol–water partition coefficient (Wildman–Crippen LogP) is 3.45. The van der Waals surface area contributed by atoms with Crippen molar-refractivity contribution in [3.8, 4) is 0 Å². The first-order chi connectivity index (χ1) is 11.3. The minimum absolute atomic E-state index is 0.523. The molecule has 4 heteroatoms. The summed E-state index contributed by atoms with van der Waals surface area (Å²) in [5.74, 6) is 0. The van der Waals surface area contributed by atoms with E-state index in [1.165, 1.54) is 64.3 Å². The molecule has 0 atom stereocenters. The molecule has 0 aromatic rings. The Morgan fingerprint density at radius 3 is 2.39 bits per heavy atom. The summed E-state index contributed by atoms with van der Waals surface area (Å²) in [7, 11) is 3.94. The van der Waals surface area contributed by atoms with Crippen molar-refractivity contribution >= 4 is 0 Å². The number of hydrogen-bond donors (Lipinski definition) is 1. The van der Waals surface area contributed by atoms with Crippen molar-refractivity contribution in [2.75, 3.05) is 47.0 Å². The van der Waals surface area contributed by atoms with Crippen molar-refractivity contribution in [1.29, 1.82) is 0 Å². The maximum atomic E-state index is 6.06. The molecule has 0 aromatic heterocycles. The molecule has 0 unspecified atom stereocenters. The number of hydrogen-bond acceptors (Lipinski definition) is 4. The summed E-state index contributed by atoms with van der Waals surface area (Å²) >= 11 is 0. The van der Waals surface area contributed by atoms with Gasteiger partial charge in [0.2, 0.25) is 0 Å². The quantitative estimate of drug-likeness (QED) is 0.495. The van der Waals surface area contributed by atoms with Crippen molar-refractivity contribution in [2.24, 2.45) is 0 Å². The smallest absolute Gasteiger partial charge is 0.0589 e. The molecular weight excluding hydrogens is 288 g/mol. The second-order valence-electron chi connectivity index (χ2n) is 7.01. The molecule has 23 heavy (non-hydrogen) atoms. The first kappa shape index (κ1) is 20.9. The third-order valence-corrected chi connectivity index (χ3v) is 4.82. The molecule has 0 spiro atoms. The van der Waals surface area contributed by atoms with Gasteiger partial charge in [0, 0.05) is 26.3 Å². The van der Waals surface area contributed by atoms with Crippen LogP contribution in [-0.4, -0.2) is 64.1 Å². The molecule has 0 saturated heterocycles. The summed E-state index contributed by atoms with van der Waals surface area (Å²) in [6.07, 6.45) is 11.9. The van der Waals surface area contributed by atoms with E-state index in [0.29, 0.717) is 6.10 Å². The van der Waals surface area contributed by atoms with Crippen LogP contribution in [-0.2, 0) is 9.47 Å². The van der Waals surface area contributed by atoms with Gasteiger partial charge in [0.1, 0.15) is 0 Å². The monoisotopic (exact) mass is 328 g/mol. The van der Waals surface area contributed by atoms with Crippen LogP contribution in [0.1, 0.15) is 64.7 Å². The van der Waals surface area contributed by atoms with Crippen LogP contribution in [0.15, 0.2) is 0 Å². The third kappa shape index (κ3) is 11.1. The first-order valence-electron chi connectivity index (χ1n) is 9.78. The predicted molar refractivity (Wildman–Crippen MR) is 98.1 cm³/mol. The molecule has 138 valence electrons. The normalized spacial score (nSPS) is 21.9. The Hall–Kier alpha value is -0.160. The highest BCUT2D eigenvalue weighted by atomic mass is 16.5. The van der Waals surface area contributed by atoms with Gasteiger partial charge in [0.25, 0.3) is 0 Å². The summed E-state index contributed by atoms with van der Waals surface area (Å²) in [6.45, 7) is 7.41. The molecule has 1 fully saturated rings. The maximum Gasteiger partial charge on any atom is 0.0589 e. The fraction of sp³-hybridized carbons (Fsp3) is 1.00. The standard InChI is InChI=1S/C19H40N2O2/c1-4-13-20-18-9-11-19(12-10-18)23-16-8-6-5-7-14-21(2)15-17-22-3/h18-20H,4-17H2,1-3H3. The van der Waals surface area contributed by atoms with Gasteiger partial charge in [-0.3, -0.25) is 0 Å². The fourth-order valence-electron chi connectivity index (χ4n) is 3.23. The van der Waals surface area contributed by atoms with Gasteiger partial charge in [0.15, 0.2) is 0 Å². The van der Waals surface area contributed by atoms with Crippen molar-refractivity contribution in [3.05, 3.63) is 0 Å². The van der Waals surface area contributed by atoms with Gasteiger partial charge >= 0.3 is 0 Å². The molecule has 0 aromatic carbocycles. The fourth-order valence-corrected chi connectivity index (χ4v) is 3.23. The van der Waals surface area contributed by atoms with Gasteiger partial charge in [0.05, 0.1) is 12.7 Å². The van der Waals surface area contributed by atoms with Gasteiger partial charge in [-0.1, -0.05) is 19.8 Å². The lowest BCUT2D eigenvalue weighted by atomic mass is 9.93. The van der Waals surface area contributed by atoms with E-state index in [2.05, 4.69) is 24.2 Å². The molecule has 1 rings (SSSR count). The topological polar surface area (TPSA) is 33.7 Å². The van der Waals surface area contributed by atoms with E-state index >= 15 is 0 Å².